The highest BCUT2D eigenvalue weighted by Crippen LogP contribution is 2.56. The van der Waals surface area contributed by atoms with Gasteiger partial charge >= 0.3 is 5.97 Å². The average Bonchev–Trinajstić information content (AvgIpc) is 3.71. The summed E-state index contributed by atoms with van der Waals surface area (Å²) in [6.07, 6.45) is 1.80. The molecule has 0 unspecified atom stereocenters. The van der Waals surface area contributed by atoms with E-state index in [9.17, 15) is 4.79 Å². The lowest BCUT2D eigenvalue weighted by Gasteiger charge is -2.40. The van der Waals surface area contributed by atoms with Gasteiger partial charge < -0.3 is 33.7 Å². The molecule has 4 atom stereocenters. The Morgan fingerprint density at radius 1 is 0.949 bits per heavy atom. The zero-order chi connectivity index (χ0) is 26.7. The predicted octanol–water partition coefficient (Wildman–Crippen LogP) is 4.41. The van der Waals surface area contributed by atoms with Crippen LogP contribution in [0.3, 0.4) is 0 Å². The van der Waals surface area contributed by atoms with E-state index in [1.54, 1.807) is 27.5 Å². The first-order valence-electron chi connectivity index (χ1n) is 12.7. The van der Waals surface area contributed by atoms with Gasteiger partial charge in [-0.3, -0.25) is 9.89 Å². The lowest BCUT2D eigenvalue weighted by atomic mass is 9.65. The maximum absolute atomic E-state index is 13.4. The fraction of sp³-hybridized carbons (Fsp3) is 0.310. The van der Waals surface area contributed by atoms with Crippen LogP contribution in [0.4, 0.5) is 5.69 Å². The van der Waals surface area contributed by atoms with Gasteiger partial charge in [-0.05, 0) is 53.1 Å². The summed E-state index contributed by atoms with van der Waals surface area (Å²) in [5, 5.41) is 11.9. The van der Waals surface area contributed by atoms with Crippen molar-refractivity contribution in [3.8, 4) is 28.7 Å². The summed E-state index contributed by atoms with van der Waals surface area (Å²) in [5.41, 5.74) is 4.66. The van der Waals surface area contributed by atoms with Crippen molar-refractivity contribution < 1.29 is 33.2 Å². The number of rotatable bonds is 6. The quantitative estimate of drug-likeness (QED) is 0.351. The number of nitrogens with zero attached hydrogens (tertiary/aromatic N) is 1. The van der Waals surface area contributed by atoms with E-state index in [1.807, 2.05) is 42.5 Å². The Labute approximate surface area is 224 Å². The number of carbonyl (C=O) groups excluding carboxylic acids is 1. The molecule has 39 heavy (non-hydrogen) atoms. The number of nitrogens with one attached hydrogen (secondary N) is 2. The van der Waals surface area contributed by atoms with Crippen LogP contribution >= 0.6 is 0 Å². The third-order valence-corrected chi connectivity index (χ3v) is 8.03. The Hall–Kier alpha value is -4.60. The van der Waals surface area contributed by atoms with E-state index in [-0.39, 0.29) is 37.2 Å². The summed E-state index contributed by atoms with van der Waals surface area (Å²) >= 11 is 0. The predicted molar refractivity (Wildman–Crippen MR) is 141 cm³/mol. The minimum Gasteiger partial charge on any atom is -0.493 e. The molecule has 0 spiro atoms. The van der Waals surface area contributed by atoms with Gasteiger partial charge in [0, 0.05) is 22.9 Å². The molecule has 0 radical (unpaired) electrons. The van der Waals surface area contributed by atoms with Crippen LogP contribution in [-0.2, 0) is 9.53 Å². The van der Waals surface area contributed by atoms with Crippen LogP contribution in [0.15, 0.2) is 48.7 Å². The Morgan fingerprint density at radius 3 is 2.41 bits per heavy atom. The van der Waals surface area contributed by atoms with E-state index < -0.39 is 5.92 Å². The van der Waals surface area contributed by atoms with Gasteiger partial charge in [-0.1, -0.05) is 6.07 Å². The second-order valence-corrected chi connectivity index (χ2v) is 9.85. The van der Waals surface area contributed by atoms with Gasteiger partial charge in [0.2, 0.25) is 12.5 Å². The summed E-state index contributed by atoms with van der Waals surface area (Å²) in [4.78, 5) is 13.4. The van der Waals surface area contributed by atoms with Crippen molar-refractivity contribution >= 4 is 22.6 Å². The van der Waals surface area contributed by atoms with Crippen molar-refractivity contribution in [2.75, 3.05) is 40.0 Å². The van der Waals surface area contributed by atoms with Crippen LogP contribution in [0.25, 0.3) is 10.9 Å². The molecule has 200 valence electrons. The molecular formula is C29H27N3O7. The molecule has 1 aromatic heterocycles. The third-order valence-electron chi connectivity index (χ3n) is 8.03. The van der Waals surface area contributed by atoms with E-state index >= 15 is 0 Å². The molecule has 0 amide bonds. The Kier molecular flexibility index (Phi) is 5.43. The van der Waals surface area contributed by atoms with E-state index in [0.29, 0.717) is 28.7 Å². The summed E-state index contributed by atoms with van der Waals surface area (Å²) < 4.78 is 34.2. The lowest BCUT2D eigenvalue weighted by molar-refractivity contribution is -0.141. The molecule has 3 heterocycles. The first kappa shape index (κ1) is 23.5. The molecule has 2 N–H and O–H groups in total. The minimum absolute atomic E-state index is 0.147. The molecule has 3 aromatic carbocycles. The van der Waals surface area contributed by atoms with Crippen molar-refractivity contribution in [1.29, 1.82) is 0 Å². The normalized spacial score (nSPS) is 22.7. The number of H-pyrrole nitrogens is 1. The first-order valence-corrected chi connectivity index (χ1v) is 12.7. The molecule has 7 rings (SSSR count). The number of fused-ring (bicyclic) bond motifs is 4. The lowest BCUT2D eigenvalue weighted by Crippen LogP contribution is -2.37. The Balaban J connectivity index is 1.43. The van der Waals surface area contributed by atoms with Gasteiger partial charge in [0.15, 0.2) is 23.0 Å². The van der Waals surface area contributed by atoms with Gasteiger partial charge in [0.05, 0.1) is 51.6 Å². The minimum atomic E-state index is -0.457. The van der Waals surface area contributed by atoms with Crippen molar-refractivity contribution in [1.82, 2.24) is 10.2 Å². The van der Waals surface area contributed by atoms with Gasteiger partial charge in [-0.25, -0.2) is 0 Å². The first-order chi connectivity index (χ1) is 19.1. The fourth-order valence-electron chi connectivity index (χ4n) is 6.29. The molecule has 0 bridgehead atoms. The molecule has 4 aromatic rings. The highest BCUT2D eigenvalue weighted by Gasteiger charge is 2.52. The van der Waals surface area contributed by atoms with Gasteiger partial charge in [0.1, 0.15) is 0 Å². The Morgan fingerprint density at radius 2 is 1.69 bits per heavy atom. The number of hydrogen-bond acceptors (Lipinski definition) is 9. The molecule has 10 heteroatoms. The van der Waals surface area contributed by atoms with E-state index in [1.165, 1.54) is 0 Å². The maximum atomic E-state index is 13.4. The van der Waals surface area contributed by atoms with Crippen molar-refractivity contribution in [3.63, 3.8) is 0 Å². The largest absolute Gasteiger partial charge is 0.493 e. The molecule has 3 aliphatic rings. The van der Waals surface area contributed by atoms with Crippen LogP contribution in [0.2, 0.25) is 0 Å². The number of esters is 1. The van der Waals surface area contributed by atoms with Crippen LogP contribution in [-0.4, -0.2) is 50.9 Å². The number of cyclic esters (lactones) is 1. The number of hydrogen-bond donors (Lipinski definition) is 2. The molecule has 10 nitrogen and oxygen atoms in total. The zero-order valence-electron chi connectivity index (χ0n) is 21.6. The van der Waals surface area contributed by atoms with Gasteiger partial charge in [-0.2, -0.15) is 5.10 Å². The summed E-state index contributed by atoms with van der Waals surface area (Å²) in [5.74, 6) is 1.65. The smallest absolute Gasteiger partial charge is 0.310 e. The van der Waals surface area contributed by atoms with Crippen molar-refractivity contribution in [3.05, 3.63) is 65.4 Å². The number of ether oxygens (including phenoxy) is 6. The van der Waals surface area contributed by atoms with Gasteiger partial charge in [-0.15, -0.1) is 0 Å². The summed E-state index contributed by atoms with van der Waals surface area (Å²) in [6, 6.07) is 13.6. The molecule has 1 fully saturated rings. The van der Waals surface area contributed by atoms with Crippen molar-refractivity contribution in [2.24, 2.45) is 11.8 Å². The number of benzene rings is 3. The van der Waals surface area contributed by atoms with Crippen LogP contribution in [0.1, 0.15) is 28.7 Å². The molecule has 2 aliphatic heterocycles. The topological polar surface area (TPSA) is 113 Å². The molecule has 1 aliphatic carbocycles. The highest BCUT2D eigenvalue weighted by molar-refractivity contribution is 5.91. The summed E-state index contributed by atoms with van der Waals surface area (Å²) in [6.45, 7) is 0.436. The zero-order valence-corrected chi connectivity index (χ0v) is 21.6. The molecular weight excluding hydrogens is 502 g/mol. The maximum Gasteiger partial charge on any atom is 0.310 e. The van der Waals surface area contributed by atoms with Crippen LogP contribution in [0.5, 0.6) is 28.7 Å². The van der Waals surface area contributed by atoms with E-state index in [2.05, 4.69) is 15.5 Å². The average molecular weight is 530 g/mol. The third kappa shape index (κ3) is 3.54. The Bertz CT molecular complexity index is 1570. The fourth-order valence-corrected chi connectivity index (χ4v) is 6.29. The second-order valence-electron chi connectivity index (χ2n) is 9.85. The van der Waals surface area contributed by atoms with E-state index in [0.717, 1.165) is 33.3 Å². The van der Waals surface area contributed by atoms with Crippen LogP contribution in [0, 0.1) is 11.8 Å². The van der Waals surface area contributed by atoms with Crippen LogP contribution < -0.4 is 29.0 Å². The number of aromatic nitrogens is 2. The monoisotopic (exact) mass is 529 g/mol. The number of aromatic amines is 1. The van der Waals surface area contributed by atoms with E-state index in [4.69, 9.17) is 28.4 Å². The summed E-state index contributed by atoms with van der Waals surface area (Å²) in [7, 11) is 4.73. The number of carbonyl (C=O) groups is 1. The number of methoxy groups -OCH3 is 3. The van der Waals surface area contributed by atoms with Gasteiger partial charge in [0.25, 0.3) is 0 Å². The highest BCUT2D eigenvalue weighted by atomic mass is 16.7. The molecule has 0 saturated carbocycles. The second kappa shape index (κ2) is 9.00. The SMILES string of the molecule is COc1cc([C@@H]2c3cc4c(cc3[C@@H](Nc3cccc5[nH]ncc35)[C@H]3COC(=O)[C@H]23)OCO4)cc(OC)c1OC. The number of anilines is 1. The standard InChI is InChI=1S/C29H27N3O7/c1-34-23-7-14(8-24(35-2)28(23)36-3)25-15-9-21-22(39-13-38-21)10-16(15)27(18-12-37-29(33)26(18)25)31-19-5-4-6-20-17(19)11-30-32-20/h4-11,18,25-27,31H,12-13H2,1-3H3,(H,30,32)/t18-,25+,26-,27+/m0/s1. The molecule has 1 saturated heterocycles. The van der Waals surface area contributed by atoms with Crippen molar-refractivity contribution in [2.45, 2.75) is 12.0 Å².